The molecule has 6 nitrogen and oxygen atoms in total. The highest BCUT2D eigenvalue weighted by molar-refractivity contribution is 5.95. The molecule has 0 aliphatic carbocycles. The van der Waals surface area contributed by atoms with E-state index in [1.807, 2.05) is 30.3 Å². The van der Waals surface area contributed by atoms with E-state index in [4.69, 9.17) is 0 Å². The maximum atomic E-state index is 12.9. The molecule has 0 bridgehead atoms. The monoisotopic (exact) mass is 378 g/mol. The number of pyridine rings is 1. The molecule has 2 aromatic carbocycles. The summed E-state index contributed by atoms with van der Waals surface area (Å²) < 4.78 is 0. The number of hydrogen-bond acceptors (Lipinski definition) is 4. The first-order valence-electron chi connectivity index (χ1n) is 9.35. The van der Waals surface area contributed by atoms with E-state index in [1.165, 1.54) is 18.2 Å². The summed E-state index contributed by atoms with van der Waals surface area (Å²) >= 11 is 0. The zero-order chi connectivity index (χ0) is 19.7. The van der Waals surface area contributed by atoms with Gasteiger partial charge in [0.05, 0.1) is 11.1 Å². The van der Waals surface area contributed by atoms with Crippen LogP contribution in [0.5, 0.6) is 5.75 Å². The lowest BCUT2D eigenvalue weighted by molar-refractivity contribution is -0.0163. The summed E-state index contributed by atoms with van der Waals surface area (Å²) in [6.45, 7) is 0.857. The summed E-state index contributed by atoms with van der Waals surface area (Å²) in [4.78, 5) is 29.8. The minimum atomic E-state index is -0.827. The van der Waals surface area contributed by atoms with Crippen molar-refractivity contribution < 1.29 is 15.0 Å². The number of nitrogens with zero attached hydrogens (tertiary/aromatic N) is 1. The predicted octanol–water partition coefficient (Wildman–Crippen LogP) is 2.44. The molecule has 144 valence electrons. The minimum Gasteiger partial charge on any atom is -0.508 e. The van der Waals surface area contributed by atoms with Crippen molar-refractivity contribution in [2.75, 3.05) is 13.1 Å². The number of rotatable bonds is 3. The molecule has 2 heterocycles. The van der Waals surface area contributed by atoms with Gasteiger partial charge in [0.25, 0.3) is 5.91 Å². The molecule has 6 heteroatoms. The van der Waals surface area contributed by atoms with E-state index in [0.717, 1.165) is 5.56 Å². The highest BCUT2D eigenvalue weighted by Gasteiger charge is 2.34. The zero-order valence-electron chi connectivity index (χ0n) is 15.4. The van der Waals surface area contributed by atoms with Crippen LogP contribution in [0.2, 0.25) is 0 Å². The molecular formula is C22H22N2O4. The van der Waals surface area contributed by atoms with Crippen LogP contribution < -0.4 is 5.43 Å². The van der Waals surface area contributed by atoms with Crippen LogP contribution in [0, 0.1) is 0 Å². The Labute approximate surface area is 162 Å². The molecular weight excluding hydrogens is 356 g/mol. The number of aromatic hydroxyl groups is 1. The Kier molecular flexibility index (Phi) is 4.65. The van der Waals surface area contributed by atoms with Gasteiger partial charge < -0.3 is 20.1 Å². The number of likely N-dealkylation sites (tertiary alicyclic amines) is 1. The Morgan fingerprint density at radius 2 is 1.79 bits per heavy atom. The van der Waals surface area contributed by atoms with E-state index >= 15 is 0 Å². The molecule has 0 radical (unpaired) electrons. The molecule has 3 N–H and O–H groups in total. The molecule has 28 heavy (non-hydrogen) atoms. The average Bonchev–Trinajstić information content (AvgIpc) is 2.69. The normalized spacial score (nSPS) is 16.2. The van der Waals surface area contributed by atoms with Gasteiger partial charge in [0.2, 0.25) is 0 Å². The number of aromatic nitrogens is 1. The van der Waals surface area contributed by atoms with Crippen LogP contribution in [0.4, 0.5) is 0 Å². The number of piperidine rings is 1. The lowest BCUT2D eigenvalue weighted by Crippen LogP contribution is -2.48. The van der Waals surface area contributed by atoms with Gasteiger partial charge in [0.15, 0.2) is 5.43 Å². The van der Waals surface area contributed by atoms with Crippen molar-refractivity contribution in [3.63, 3.8) is 0 Å². The van der Waals surface area contributed by atoms with Crippen LogP contribution in [0.1, 0.15) is 28.9 Å². The topological polar surface area (TPSA) is 93.6 Å². The zero-order valence-corrected chi connectivity index (χ0v) is 15.4. The number of amides is 1. The van der Waals surface area contributed by atoms with Gasteiger partial charge in [-0.05, 0) is 36.6 Å². The van der Waals surface area contributed by atoms with Gasteiger partial charge in [0.1, 0.15) is 11.4 Å². The van der Waals surface area contributed by atoms with Crippen LogP contribution in [0.15, 0.2) is 59.4 Å². The number of H-pyrrole nitrogens is 1. The second-order valence-electron chi connectivity index (χ2n) is 7.46. The number of aliphatic hydroxyl groups is 1. The molecule has 1 aliphatic heterocycles. The van der Waals surface area contributed by atoms with Crippen molar-refractivity contribution in [3.05, 3.63) is 76.1 Å². The highest BCUT2D eigenvalue weighted by Crippen LogP contribution is 2.27. The first-order chi connectivity index (χ1) is 13.4. The predicted molar refractivity (Wildman–Crippen MR) is 106 cm³/mol. The van der Waals surface area contributed by atoms with Gasteiger partial charge in [0, 0.05) is 31.0 Å². The molecule has 1 aromatic heterocycles. The molecule has 1 aliphatic rings. The third-order valence-electron chi connectivity index (χ3n) is 5.40. The molecule has 1 fully saturated rings. The Balaban J connectivity index is 1.49. The largest absolute Gasteiger partial charge is 0.508 e. The first kappa shape index (κ1) is 18.3. The summed E-state index contributed by atoms with van der Waals surface area (Å²) in [6, 6.07) is 15.5. The van der Waals surface area contributed by atoms with Crippen molar-refractivity contribution in [2.45, 2.75) is 24.9 Å². The molecule has 4 rings (SSSR count). The Morgan fingerprint density at radius 3 is 2.50 bits per heavy atom. The van der Waals surface area contributed by atoms with Crippen molar-refractivity contribution >= 4 is 16.8 Å². The van der Waals surface area contributed by atoms with Gasteiger partial charge in [-0.1, -0.05) is 30.3 Å². The second-order valence-corrected chi connectivity index (χ2v) is 7.46. The van der Waals surface area contributed by atoms with Gasteiger partial charge in [-0.25, -0.2) is 0 Å². The summed E-state index contributed by atoms with van der Waals surface area (Å²) in [7, 11) is 0. The fourth-order valence-electron chi connectivity index (χ4n) is 3.80. The summed E-state index contributed by atoms with van der Waals surface area (Å²) in [5.74, 6) is -0.250. The lowest BCUT2D eigenvalue weighted by Gasteiger charge is -2.38. The molecule has 0 atom stereocenters. The van der Waals surface area contributed by atoms with E-state index < -0.39 is 5.60 Å². The van der Waals surface area contributed by atoms with Crippen LogP contribution >= 0.6 is 0 Å². The van der Waals surface area contributed by atoms with E-state index in [2.05, 4.69) is 4.98 Å². The number of hydrogen-bond donors (Lipinski definition) is 3. The Morgan fingerprint density at radius 1 is 1.07 bits per heavy atom. The van der Waals surface area contributed by atoms with Crippen LogP contribution in [-0.2, 0) is 6.42 Å². The Hall–Kier alpha value is -3.12. The van der Waals surface area contributed by atoms with Gasteiger partial charge in [-0.3, -0.25) is 9.59 Å². The minimum absolute atomic E-state index is 0.00538. The van der Waals surface area contributed by atoms with Gasteiger partial charge >= 0.3 is 0 Å². The van der Waals surface area contributed by atoms with E-state index in [0.29, 0.717) is 43.3 Å². The highest BCUT2D eigenvalue weighted by atomic mass is 16.3. The van der Waals surface area contributed by atoms with Crippen LogP contribution in [0.3, 0.4) is 0 Å². The number of phenols is 1. The fraction of sp³-hybridized carbons (Fsp3) is 0.273. The lowest BCUT2D eigenvalue weighted by atomic mass is 9.85. The summed E-state index contributed by atoms with van der Waals surface area (Å²) in [5.41, 5.74) is 0.660. The number of carbonyl (C=O) groups excluding carboxylic acids is 1. The molecule has 0 unspecified atom stereocenters. The van der Waals surface area contributed by atoms with Crippen molar-refractivity contribution in [1.29, 1.82) is 0 Å². The molecule has 1 amide bonds. The molecule has 3 aromatic rings. The second kappa shape index (κ2) is 7.13. The Bertz CT molecular complexity index is 1070. The standard InChI is InChI=1S/C22H22N2O4/c25-16-6-7-18-17(12-16)20(26)13-19(23-18)21(27)24-10-8-22(28,9-11-24)14-15-4-2-1-3-5-15/h1-7,12-13,25,28H,8-11,14H2,(H,23,26). The number of fused-ring (bicyclic) bond motifs is 1. The van der Waals surface area contributed by atoms with Gasteiger partial charge in [-0.2, -0.15) is 0 Å². The van der Waals surface area contributed by atoms with Crippen molar-refractivity contribution in [2.24, 2.45) is 0 Å². The van der Waals surface area contributed by atoms with E-state index in [1.54, 1.807) is 11.0 Å². The molecule has 0 spiro atoms. The maximum absolute atomic E-state index is 12.9. The number of carbonyl (C=O) groups is 1. The summed E-state index contributed by atoms with van der Waals surface area (Å²) in [5, 5.41) is 20.8. The number of aromatic amines is 1. The molecule has 0 saturated carbocycles. The average molecular weight is 378 g/mol. The van der Waals surface area contributed by atoms with E-state index in [9.17, 15) is 19.8 Å². The fourth-order valence-corrected chi connectivity index (χ4v) is 3.80. The first-order valence-corrected chi connectivity index (χ1v) is 9.35. The van der Waals surface area contributed by atoms with Crippen LogP contribution in [-0.4, -0.2) is 44.7 Å². The number of nitrogens with one attached hydrogen (secondary N) is 1. The summed E-state index contributed by atoms with van der Waals surface area (Å²) in [6.07, 6.45) is 1.53. The smallest absolute Gasteiger partial charge is 0.270 e. The number of benzene rings is 2. The third-order valence-corrected chi connectivity index (χ3v) is 5.40. The maximum Gasteiger partial charge on any atom is 0.270 e. The SMILES string of the molecule is O=C(c1cc(=O)c2cc(O)ccc2[nH]1)N1CCC(O)(Cc2ccccc2)CC1. The van der Waals surface area contributed by atoms with E-state index in [-0.39, 0.29) is 22.8 Å². The third kappa shape index (κ3) is 3.64. The number of phenolic OH excluding ortho intramolecular Hbond substituents is 1. The molecule has 1 saturated heterocycles. The quantitative estimate of drug-likeness (QED) is 0.653. The van der Waals surface area contributed by atoms with Crippen molar-refractivity contribution in [3.8, 4) is 5.75 Å². The van der Waals surface area contributed by atoms with Crippen molar-refractivity contribution in [1.82, 2.24) is 9.88 Å². The van der Waals surface area contributed by atoms with Crippen LogP contribution in [0.25, 0.3) is 10.9 Å². The van der Waals surface area contributed by atoms with Gasteiger partial charge in [-0.15, -0.1) is 0 Å².